The van der Waals surface area contributed by atoms with Crippen molar-refractivity contribution in [2.24, 2.45) is 5.73 Å². The van der Waals surface area contributed by atoms with Gasteiger partial charge in [0, 0.05) is 25.7 Å². The first-order valence-electron chi connectivity index (χ1n) is 5.87. The number of hydrogen-bond donors (Lipinski definition) is 1. The Morgan fingerprint density at radius 3 is 3.00 bits per heavy atom. The Hall–Kier alpha value is -0.160. The van der Waals surface area contributed by atoms with Crippen LogP contribution < -0.4 is 5.73 Å². The summed E-state index contributed by atoms with van der Waals surface area (Å²) < 4.78 is 11.2. The molecule has 0 aromatic rings. The summed E-state index contributed by atoms with van der Waals surface area (Å²) in [5.74, 6) is 0. The molecule has 90 valence electrons. The second-order valence-electron chi connectivity index (χ2n) is 4.30. The highest BCUT2D eigenvalue weighted by molar-refractivity contribution is 4.73. The average molecular weight is 216 g/mol. The van der Waals surface area contributed by atoms with Gasteiger partial charge >= 0.3 is 0 Å². The maximum Gasteiger partial charge on any atom is 0.0935 e. The van der Waals surface area contributed by atoms with Gasteiger partial charge in [0.1, 0.15) is 0 Å². The van der Waals surface area contributed by atoms with E-state index in [1.165, 1.54) is 0 Å². The van der Waals surface area contributed by atoms with Crippen molar-refractivity contribution in [3.63, 3.8) is 0 Å². The van der Waals surface area contributed by atoms with Crippen LogP contribution >= 0.6 is 0 Å². The predicted octanol–water partition coefficient (Wildman–Crippen LogP) is 0.461. The monoisotopic (exact) mass is 216 g/mol. The summed E-state index contributed by atoms with van der Waals surface area (Å²) in [5.41, 5.74) is 5.39. The lowest BCUT2D eigenvalue weighted by molar-refractivity contribution is -0.0758. The van der Waals surface area contributed by atoms with Crippen molar-refractivity contribution >= 4 is 0 Å². The molecule has 0 amide bonds. The molecule has 1 fully saturated rings. The molecular weight excluding hydrogens is 192 g/mol. The van der Waals surface area contributed by atoms with Crippen LogP contribution in [0.2, 0.25) is 0 Å². The third kappa shape index (κ3) is 4.93. The van der Waals surface area contributed by atoms with Crippen LogP contribution in [0.1, 0.15) is 20.3 Å². The van der Waals surface area contributed by atoms with E-state index in [9.17, 15) is 0 Å². The van der Waals surface area contributed by atoms with E-state index in [0.717, 1.165) is 32.7 Å². The molecule has 1 aliphatic rings. The third-order valence-corrected chi connectivity index (χ3v) is 2.70. The van der Waals surface area contributed by atoms with Crippen LogP contribution in [0.3, 0.4) is 0 Å². The van der Waals surface area contributed by atoms with Crippen molar-refractivity contribution in [1.29, 1.82) is 0 Å². The topological polar surface area (TPSA) is 47.7 Å². The summed E-state index contributed by atoms with van der Waals surface area (Å²) in [6.45, 7) is 9.43. The molecule has 1 unspecified atom stereocenters. The molecule has 1 saturated heterocycles. The molecule has 1 aliphatic heterocycles. The SMILES string of the molecule is CC(C)N1CCOC(COCCCN)C1. The van der Waals surface area contributed by atoms with Gasteiger partial charge in [-0.15, -0.1) is 0 Å². The molecule has 1 heterocycles. The van der Waals surface area contributed by atoms with E-state index in [0.29, 0.717) is 19.2 Å². The smallest absolute Gasteiger partial charge is 0.0935 e. The number of nitrogens with zero attached hydrogens (tertiary/aromatic N) is 1. The average Bonchev–Trinajstić information content (AvgIpc) is 2.25. The third-order valence-electron chi connectivity index (χ3n) is 2.70. The Kier molecular flexibility index (Phi) is 6.17. The first-order chi connectivity index (χ1) is 7.24. The molecule has 1 atom stereocenters. The van der Waals surface area contributed by atoms with Crippen LogP contribution in [-0.4, -0.2) is 56.5 Å². The van der Waals surface area contributed by atoms with Crippen LogP contribution in [0.25, 0.3) is 0 Å². The van der Waals surface area contributed by atoms with Crippen LogP contribution in [0.5, 0.6) is 0 Å². The molecule has 0 saturated carbocycles. The standard InChI is InChI=1S/C11H24N2O2/c1-10(2)13-5-7-15-11(8-13)9-14-6-3-4-12/h10-11H,3-9,12H2,1-2H3. The van der Waals surface area contributed by atoms with Crippen molar-refractivity contribution in [2.75, 3.05) is 39.5 Å². The highest BCUT2D eigenvalue weighted by atomic mass is 16.5. The van der Waals surface area contributed by atoms with Crippen molar-refractivity contribution in [3.8, 4) is 0 Å². The lowest BCUT2D eigenvalue weighted by Gasteiger charge is -2.35. The molecule has 0 spiro atoms. The Morgan fingerprint density at radius 2 is 2.33 bits per heavy atom. The number of ether oxygens (including phenoxy) is 2. The van der Waals surface area contributed by atoms with Gasteiger partial charge in [-0.3, -0.25) is 4.90 Å². The number of morpholine rings is 1. The van der Waals surface area contributed by atoms with E-state index in [-0.39, 0.29) is 6.10 Å². The molecule has 0 radical (unpaired) electrons. The van der Waals surface area contributed by atoms with Gasteiger partial charge in [0.15, 0.2) is 0 Å². The maximum absolute atomic E-state index is 5.64. The number of hydrogen-bond acceptors (Lipinski definition) is 4. The van der Waals surface area contributed by atoms with Crippen LogP contribution in [0, 0.1) is 0 Å². The zero-order valence-electron chi connectivity index (χ0n) is 9.95. The fraction of sp³-hybridized carbons (Fsp3) is 1.00. The molecule has 0 aromatic heterocycles. The van der Waals surface area contributed by atoms with E-state index >= 15 is 0 Å². The van der Waals surface area contributed by atoms with E-state index in [1.54, 1.807) is 0 Å². The largest absolute Gasteiger partial charge is 0.379 e. The number of rotatable bonds is 6. The van der Waals surface area contributed by atoms with Gasteiger partial charge in [0.25, 0.3) is 0 Å². The zero-order chi connectivity index (χ0) is 11.1. The Labute approximate surface area is 92.7 Å². The minimum atomic E-state index is 0.235. The van der Waals surface area contributed by atoms with Gasteiger partial charge in [0.2, 0.25) is 0 Å². The molecule has 4 heteroatoms. The Morgan fingerprint density at radius 1 is 1.53 bits per heavy atom. The van der Waals surface area contributed by atoms with Crippen LogP contribution in [-0.2, 0) is 9.47 Å². The summed E-state index contributed by atoms with van der Waals surface area (Å²) in [6, 6.07) is 0.598. The first kappa shape index (κ1) is 12.9. The molecule has 1 rings (SSSR count). The second-order valence-corrected chi connectivity index (χ2v) is 4.30. The minimum absolute atomic E-state index is 0.235. The Bertz CT molecular complexity index is 165. The van der Waals surface area contributed by atoms with Gasteiger partial charge in [-0.1, -0.05) is 0 Å². The minimum Gasteiger partial charge on any atom is -0.379 e. The lowest BCUT2D eigenvalue weighted by atomic mass is 10.2. The second kappa shape index (κ2) is 7.17. The van der Waals surface area contributed by atoms with Gasteiger partial charge < -0.3 is 15.2 Å². The van der Waals surface area contributed by atoms with Crippen LogP contribution in [0.15, 0.2) is 0 Å². The molecular formula is C11H24N2O2. The van der Waals surface area contributed by atoms with Crippen molar-refractivity contribution < 1.29 is 9.47 Å². The molecule has 15 heavy (non-hydrogen) atoms. The highest BCUT2D eigenvalue weighted by Crippen LogP contribution is 2.08. The fourth-order valence-corrected chi connectivity index (χ4v) is 1.71. The summed E-state index contributed by atoms with van der Waals surface area (Å²) in [5, 5.41) is 0. The van der Waals surface area contributed by atoms with Crippen molar-refractivity contribution in [1.82, 2.24) is 4.90 Å². The van der Waals surface area contributed by atoms with Crippen molar-refractivity contribution in [3.05, 3.63) is 0 Å². The Balaban J connectivity index is 2.13. The maximum atomic E-state index is 5.64. The summed E-state index contributed by atoms with van der Waals surface area (Å²) in [4.78, 5) is 2.43. The molecule has 0 bridgehead atoms. The predicted molar refractivity (Wildman–Crippen MR) is 60.9 cm³/mol. The van der Waals surface area contributed by atoms with E-state index in [2.05, 4.69) is 18.7 Å². The normalized spacial score (nSPS) is 23.6. The van der Waals surface area contributed by atoms with Crippen molar-refractivity contribution in [2.45, 2.75) is 32.4 Å². The molecule has 4 nitrogen and oxygen atoms in total. The summed E-state index contributed by atoms with van der Waals surface area (Å²) >= 11 is 0. The fourth-order valence-electron chi connectivity index (χ4n) is 1.71. The van der Waals surface area contributed by atoms with E-state index in [1.807, 2.05) is 0 Å². The van der Waals surface area contributed by atoms with Gasteiger partial charge in [0.05, 0.1) is 19.3 Å². The van der Waals surface area contributed by atoms with E-state index in [4.69, 9.17) is 15.2 Å². The summed E-state index contributed by atoms with van der Waals surface area (Å²) in [7, 11) is 0. The molecule has 0 aromatic carbocycles. The van der Waals surface area contributed by atoms with E-state index < -0.39 is 0 Å². The highest BCUT2D eigenvalue weighted by Gasteiger charge is 2.21. The van der Waals surface area contributed by atoms with Gasteiger partial charge in [-0.2, -0.15) is 0 Å². The first-order valence-corrected chi connectivity index (χ1v) is 5.87. The number of nitrogens with two attached hydrogens (primary N) is 1. The summed E-state index contributed by atoms with van der Waals surface area (Å²) in [6.07, 6.45) is 1.17. The van der Waals surface area contributed by atoms with Gasteiger partial charge in [-0.05, 0) is 26.8 Å². The quantitative estimate of drug-likeness (QED) is 0.655. The van der Waals surface area contributed by atoms with Gasteiger partial charge in [-0.25, -0.2) is 0 Å². The lowest BCUT2D eigenvalue weighted by Crippen LogP contribution is -2.47. The molecule has 0 aliphatic carbocycles. The zero-order valence-corrected chi connectivity index (χ0v) is 9.95. The van der Waals surface area contributed by atoms with Crippen LogP contribution in [0.4, 0.5) is 0 Å². The molecule has 2 N–H and O–H groups in total.